The average Bonchev–Trinajstić information content (AvgIpc) is 2.82. The van der Waals surface area contributed by atoms with E-state index in [1.807, 2.05) is 0 Å². The molecule has 2 aromatic rings. The Kier molecular flexibility index (Phi) is 3.06. The van der Waals surface area contributed by atoms with Gasteiger partial charge in [-0.15, -0.1) is 11.3 Å². The maximum Gasteiger partial charge on any atom is 0.276 e. The number of nitrogens with one attached hydrogen (secondary N) is 1. The van der Waals surface area contributed by atoms with Crippen molar-refractivity contribution in [3.05, 3.63) is 45.7 Å². The normalized spacial score (nSPS) is 9.88. The van der Waals surface area contributed by atoms with Gasteiger partial charge in [-0.2, -0.15) is 0 Å². The van der Waals surface area contributed by atoms with Gasteiger partial charge in [0.05, 0.1) is 4.92 Å². The third-order valence-electron chi connectivity index (χ3n) is 1.84. The van der Waals surface area contributed by atoms with Crippen molar-refractivity contribution in [1.82, 2.24) is 9.97 Å². The van der Waals surface area contributed by atoms with Gasteiger partial charge in [0.15, 0.2) is 5.13 Å². The minimum atomic E-state index is -0.581. The van der Waals surface area contributed by atoms with E-state index in [9.17, 15) is 14.9 Å². The van der Waals surface area contributed by atoms with E-state index < -0.39 is 10.8 Å². The number of carbonyl (C=O) groups excluding carboxylic acids is 1. The molecule has 0 aromatic carbocycles. The van der Waals surface area contributed by atoms with E-state index in [0.717, 1.165) is 6.07 Å². The number of nitro groups is 1. The van der Waals surface area contributed by atoms with Gasteiger partial charge in [0.2, 0.25) is 0 Å². The number of hydrogen-bond donors (Lipinski definition) is 1. The zero-order valence-corrected chi connectivity index (χ0v) is 9.18. The van der Waals surface area contributed by atoms with Crippen molar-refractivity contribution in [2.45, 2.75) is 0 Å². The molecule has 1 amide bonds. The Balaban J connectivity index is 2.19. The molecule has 0 atom stereocenters. The van der Waals surface area contributed by atoms with Gasteiger partial charge in [-0.3, -0.25) is 25.2 Å². The predicted molar refractivity (Wildman–Crippen MR) is 61.0 cm³/mol. The largest absolute Gasteiger partial charge is 0.296 e. The molecule has 8 heteroatoms. The maximum atomic E-state index is 11.7. The molecule has 86 valence electrons. The standard InChI is InChI=1S/C9H6N4O3S/c14-8(12-9-11-3-4-17-9)7-5-6(13(15)16)1-2-10-7/h1-5H,(H,11,12,14). The molecule has 2 aromatic heterocycles. The molecule has 0 spiro atoms. The van der Waals surface area contributed by atoms with Crippen LogP contribution in [-0.2, 0) is 0 Å². The summed E-state index contributed by atoms with van der Waals surface area (Å²) in [6.07, 6.45) is 2.76. The Labute approximate surface area is 99.3 Å². The zero-order chi connectivity index (χ0) is 12.3. The molecule has 0 saturated carbocycles. The lowest BCUT2D eigenvalue weighted by molar-refractivity contribution is -0.385. The number of rotatable bonds is 3. The molecular weight excluding hydrogens is 244 g/mol. The minimum absolute atomic E-state index is 0.0191. The second kappa shape index (κ2) is 4.66. The second-order valence-electron chi connectivity index (χ2n) is 2.95. The summed E-state index contributed by atoms with van der Waals surface area (Å²) in [6, 6.07) is 2.34. The highest BCUT2D eigenvalue weighted by molar-refractivity contribution is 7.13. The van der Waals surface area contributed by atoms with Crippen molar-refractivity contribution in [1.29, 1.82) is 0 Å². The summed E-state index contributed by atoms with van der Waals surface area (Å²) in [4.78, 5) is 29.2. The molecule has 1 N–H and O–H groups in total. The quantitative estimate of drug-likeness (QED) is 0.660. The van der Waals surface area contributed by atoms with Crippen LogP contribution in [0.1, 0.15) is 10.5 Å². The molecule has 17 heavy (non-hydrogen) atoms. The summed E-state index contributed by atoms with van der Waals surface area (Å²) in [6.45, 7) is 0. The van der Waals surface area contributed by atoms with Gasteiger partial charge in [0, 0.05) is 29.9 Å². The first-order valence-electron chi connectivity index (χ1n) is 4.48. The van der Waals surface area contributed by atoms with Gasteiger partial charge >= 0.3 is 0 Å². The fourth-order valence-electron chi connectivity index (χ4n) is 1.10. The third-order valence-corrected chi connectivity index (χ3v) is 2.53. The van der Waals surface area contributed by atoms with E-state index in [-0.39, 0.29) is 11.4 Å². The Morgan fingerprint density at radius 1 is 1.41 bits per heavy atom. The fraction of sp³-hybridized carbons (Fsp3) is 0. The molecule has 0 saturated heterocycles. The summed E-state index contributed by atoms with van der Waals surface area (Å²) in [5.41, 5.74) is -0.196. The Bertz CT molecular complexity index is 555. The van der Waals surface area contributed by atoms with Crippen LogP contribution >= 0.6 is 11.3 Å². The molecular formula is C9H6N4O3S. The van der Waals surface area contributed by atoms with Crippen molar-refractivity contribution in [2.75, 3.05) is 5.32 Å². The molecule has 0 aliphatic heterocycles. The first-order valence-corrected chi connectivity index (χ1v) is 5.36. The number of hydrogen-bond acceptors (Lipinski definition) is 6. The van der Waals surface area contributed by atoms with Crippen molar-refractivity contribution in [3.63, 3.8) is 0 Å². The third kappa shape index (κ3) is 2.61. The van der Waals surface area contributed by atoms with Crippen LogP contribution in [0.3, 0.4) is 0 Å². The number of carbonyl (C=O) groups is 1. The van der Waals surface area contributed by atoms with E-state index in [1.54, 1.807) is 11.6 Å². The topological polar surface area (TPSA) is 98.0 Å². The summed E-state index contributed by atoms with van der Waals surface area (Å²) in [5.74, 6) is -0.524. The minimum Gasteiger partial charge on any atom is -0.296 e. The maximum absolute atomic E-state index is 11.7. The van der Waals surface area contributed by atoms with Crippen molar-refractivity contribution in [2.24, 2.45) is 0 Å². The summed E-state index contributed by atoms with van der Waals surface area (Å²) >= 11 is 1.25. The Morgan fingerprint density at radius 3 is 2.88 bits per heavy atom. The molecule has 0 aliphatic rings. The van der Waals surface area contributed by atoms with E-state index in [0.29, 0.717) is 5.13 Å². The second-order valence-corrected chi connectivity index (χ2v) is 3.84. The van der Waals surface area contributed by atoms with Crippen LogP contribution in [-0.4, -0.2) is 20.8 Å². The molecule has 0 unspecified atom stereocenters. The summed E-state index contributed by atoms with van der Waals surface area (Å²) in [7, 11) is 0. The highest BCUT2D eigenvalue weighted by Gasteiger charge is 2.13. The zero-order valence-electron chi connectivity index (χ0n) is 8.36. The fourth-order valence-corrected chi connectivity index (χ4v) is 1.63. The summed E-state index contributed by atoms with van der Waals surface area (Å²) in [5, 5.41) is 15.1. The van der Waals surface area contributed by atoms with Crippen molar-refractivity contribution >= 4 is 28.1 Å². The molecule has 7 nitrogen and oxygen atoms in total. The molecule has 0 aliphatic carbocycles. The highest BCUT2D eigenvalue weighted by atomic mass is 32.1. The first kappa shape index (κ1) is 11.1. The van der Waals surface area contributed by atoms with Crippen LogP contribution in [0.15, 0.2) is 29.9 Å². The molecule has 2 rings (SSSR count). The van der Waals surface area contributed by atoms with E-state index in [4.69, 9.17) is 0 Å². The number of thiazole rings is 1. The van der Waals surface area contributed by atoms with Crippen LogP contribution in [0.25, 0.3) is 0 Å². The SMILES string of the molecule is O=C(Nc1nccs1)c1cc([N+](=O)[O-])ccn1. The van der Waals surface area contributed by atoms with Crippen LogP contribution in [0.4, 0.5) is 10.8 Å². The molecule has 0 radical (unpaired) electrons. The van der Waals surface area contributed by atoms with Gasteiger partial charge in [0.25, 0.3) is 11.6 Å². The van der Waals surface area contributed by atoms with Crippen LogP contribution in [0.5, 0.6) is 0 Å². The van der Waals surface area contributed by atoms with E-state index in [1.165, 1.54) is 23.6 Å². The number of amides is 1. The van der Waals surface area contributed by atoms with Crippen LogP contribution in [0.2, 0.25) is 0 Å². The highest BCUT2D eigenvalue weighted by Crippen LogP contribution is 2.14. The van der Waals surface area contributed by atoms with Gasteiger partial charge in [-0.25, -0.2) is 4.98 Å². The van der Waals surface area contributed by atoms with Crippen molar-refractivity contribution in [3.8, 4) is 0 Å². The number of pyridine rings is 1. The molecule has 2 heterocycles. The van der Waals surface area contributed by atoms with Crippen LogP contribution in [0, 0.1) is 10.1 Å². The van der Waals surface area contributed by atoms with Crippen LogP contribution < -0.4 is 5.32 Å². The number of aromatic nitrogens is 2. The first-order chi connectivity index (χ1) is 8.16. The summed E-state index contributed by atoms with van der Waals surface area (Å²) < 4.78 is 0. The van der Waals surface area contributed by atoms with Gasteiger partial charge < -0.3 is 0 Å². The Hall–Kier alpha value is -2.35. The van der Waals surface area contributed by atoms with Gasteiger partial charge in [-0.05, 0) is 0 Å². The van der Waals surface area contributed by atoms with Gasteiger partial charge in [0.1, 0.15) is 5.69 Å². The predicted octanol–water partition coefficient (Wildman–Crippen LogP) is 1.70. The molecule has 0 fully saturated rings. The lowest BCUT2D eigenvalue weighted by Crippen LogP contribution is -2.13. The van der Waals surface area contributed by atoms with E-state index in [2.05, 4.69) is 15.3 Å². The number of anilines is 1. The smallest absolute Gasteiger partial charge is 0.276 e. The van der Waals surface area contributed by atoms with Crippen molar-refractivity contribution < 1.29 is 9.72 Å². The monoisotopic (exact) mass is 250 g/mol. The molecule has 0 bridgehead atoms. The lowest BCUT2D eigenvalue weighted by atomic mass is 10.3. The lowest BCUT2D eigenvalue weighted by Gasteiger charge is -2.00. The van der Waals surface area contributed by atoms with E-state index >= 15 is 0 Å². The average molecular weight is 250 g/mol. The number of nitrogens with zero attached hydrogens (tertiary/aromatic N) is 3. The van der Waals surface area contributed by atoms with Gasteiger partial charge in [-0.1, -0.05) is 0 Å². The Morgan fingerprint density at radius 2 is 2.24 bits per heavy atom.